The van der Waals surface area contributed by atoms with Crippen LogP contribution in [-0.4, -0.2) is 36.2 Å². The van der Waals surface area contributed by atoms with Crippen LogP contribution in [0.4, 0.5) is 0 Å². The Morgan fingerprint density at radius 2 is 2.00 bits per heavy atom. The van der Waals surface area contributed by atoms with Gasteiger partial charge in [-0.2, -0.15) is 0 Å². The summed E-state index contributed by atoms with van der Waals surface area (Å²) in [6, 6.07) is 6.32. The minimum Gasteiger partial charge on any atom is -0.337 e. The van der Waals surface area contributed by atoms with Gasteiger partial charge in [-0.1, -0.05) is 64.3 Å². The molecule has 1 aromatic carbocycles. The third-order valence-corrected chi connectivity index (χ3v) is 7.79. The van der Waals surface area contributed by atoms with Crippen molar-refractivity contribution >= 4 is 12.1 Å². The average molecular weight is 500 g/mol. The van der Waals surface area contributed by atoms with E-state index in [-0.39, 0.29) is 17.4 Å². The van der Waals surface area contributed by atoms with Gasteiger partial charge in [0.05, 0.1) is 0 Å². The van der Waals surface area contributed by atoms with Gasteiger partial charge in [0.25, 0.3) is 5.91 Å². The lowest BCUT2D eigenvalue weighted by Crippen LogP contribution is -2.32. The molecule has 2 N–H and O–H groups in total. The normalized spacial score (nSPS) is 19.9. The Labute approximate surface area is 224 Å². The summed E-state index contributed by atoms with van der Waals surface area (Å²) in [5, 5.41) is 0. The van der Waals surface area contributed by atoms with E-state index in [9.17, 15) is 4.79 Å². The number of nitrogens with zero attached hydrogens (tertiary/aromatic N) is 2. The molecule has 198 valence electrons. The topological polar surface area (TPSA) is 58.7 Å². The molecular formula is C33H45N3O. The fourth-order valence-electron chi connectivity index (χ4n) is 5.16. The molecule has 1 amide bonds. The van der Waals surface area contributed by atoms with Crippen molar-refractivity contribution in [3.8, 4) is 0 Å². The van der Waals surface area contributed by atoms with E-state index in [1.165, 1.54) is 24.0 Å². The summed E-state index contributed by atoms with van der Waals surface area (Å²) in [6.07, 6.45) is 15.2. The van der Waals surface area contributed by atoms with Gasteiger partial charge in [-0.3, -0.25) is 9.79 Å². The molecule has 0 spiro atoms. The fraction of sp³-hybridized carbons (Fsp3) is 0.455. The maximum absolute atomic E-state index is 13.2. The Hall–Kier alpha value is -2.98. The van der Waals surface area contributed by atoms with Crippen molar-refractivity contribution < 1.29 is 4.79 Å². The molecule has 4 nitrogen and oxygen atoms in total. The number of benzene rings is 1. The van der Waals surface area contributed by atoms with Gasteiger partial charge in [-0.15, -0.1) is 0 Å². The number of hydrogen-bond acceptors (Lipinski definition) is 3. The van der Waals surface area contributed by atoms with Crippen molar-refractivity contribution in [1.82, 2.24) is 4.90 Å². The molecular weight excluding hydrogens is 454 g/mol. The number of likely N-dealkylation sites (tertiary alicyclic amines) is 1. The van der Waals surface area contributed by atoms with Gasteiger partial charge in [0.2, 0.25) is 0 Å². The van der Waals surface area contributed by atoms with Gasteiger partial charge in [0.15, 0.2) is 0 Å². The summed E-state index contributed by atoms with van der Waals surface area (Å²) in [7, 11) is 0. The standard InChI is InChI=1S/C33H45N3O/c1-8-11-27(23(4)5)18-24(6)26(9-2)21-35-25(7)19-29-20-28(32(37)36-17-14-30(34)22-36)12-13-31(29)33(10-3)15-16-33/h8-9,11-13,18,20-21,23,30H,6-7,10,14-17,19,22,34H2,1-5H3/b11-8-,26-9+,27-18+,35-21-. The number of allylic oxidation sites excluding steroid dienone is 8. The number of hydrogen-bond donors (Lipinski definition) is 1. The number of aliphatic imine (C=N–C) groups is 1. The molecule has 1 aromatic rings. The Morgan fingerprint density at radius 1 is 1.27 bits per heavy atom. The minimum atomic E-state index is 0.0672. The van der Waals surface area contributed by atoms with E-state index < -0.39 is 0 Å². The van der Waals surface area contributed by atoms with Crippen LogP contribution >= 0.6 is 0 Å². The largest absolute Gasteiger partial charge is 0.337 e. The molecule has 0 aromatic heterocycles. The Balaban J connectivity index is 1.82. The van der Waals surface area contributed by atoms with Gasteiger partial charge < -0.3 is 10.6 Å². The summed E-state index contributed by atoms with van der Waals surface area (Å²) in [5.41, 5.74) is 13.4. The van der Waals surface area contributed by atoms with E-state index in [1.807, 2.05) is 37.1 Å². The van der Waals surface area contributed by atoms with E-state index in [2.05, 4.69) is 64.3 Å². The Kier molecular flexibility index (Phi) is 9.67. The van der Waals surface area contributed by atoms with Crippen molar-refractivity contribution in [2.24, 2.45) is 16.6 Å². The van der Waals surface area contributed by atoms with Crippen molar-refractivity contribution in [3.05, 3.63) is 94.8 Å². The van der Waals surface area contributed by atoms with E-state index in [4.69, 9.17) is 10.7 Å². The molecule has 37 heavy (non-hydrogen) atoms. The van der Waals surface area contributed by atoms with Crippen LogP contribution in [0.1, 0.15) is 81.8 Å². The first-order valence-electron chi connectivity index (χ1n) is 13.7. The summed E-state index contributed by atoms with van der Waals surface area (Å²) >= 11 is 0. The molecule has 1 unspecified atom stereocenters. The molecule has 1 aliphatic heterocycles. The van der Waals surface area contributed by atoms with Crippen LogP contribution < -0.4 is 5.73 Å². The summed E-state index contributed by atoms with van der Waals surface area (Å²) in [6.45, 7) is 20.6. The second-order valence-electron chi connectivity index (χ2n) is 10.9. The molecule has 4 heteroatoms. The first kappa shape index (κ1) is 28.6. The smallest absolute Gasteiger partial charge is 0.253 e. The first-order valence-corrected chi connectivity index (χ1v) is 13.7. The second-order valence-corrected chi connectivity index (χ2v) is 10.9. The molecule has 0 radical (unpaired) electrons. The van der Waals surface area contributed by atoms with E-state index in [1.54, 1.807) is 0 Å². The maximum Gasteiger partial charge on any atom is 0.253 e. The highest BCUT2D eigenvalue weighted by atomic mass is 16.2. The molecule has 1 saturated heterocycles. The van der Waals surface area contributed by atoms with Gasteiger partial charge in [0.1, 0.15) is 0 Å². The van der Waals surface area contributed by atoms with E-state index >= 15 is 0 Å². The van der Waals surface area contributed by atoms with Crippen molar-refractivity contribution in [2.75, 3.05) is 13.1 Å². The number of nitrogens with two attached hydrogens (primary N) is 1. The van der Waals surface area contributed by atoms with E-state index in [0.717, 1.165) is 47.4 Å². The molecule has 1 aliphatic carbocycles. The van der Waals surface area contributed by atoms with Gasteiger partial charge in [-0.25, -0.2) is 0 Å². The maximum atomic E-state index is 13.2. The minimum absolute atomic E-state index is 0.0672. The number of amides is 1. The van der Waals surface area contributed by atoms with Crippen LogP contribution in [0.2, 0.25) is 0 Å². The van der Waals surface area contributed by atoms with Crippen LogP contribution in [0.3, 0.4) is 0 Å². The van der Waals surface area contributed by atoms with Crippen LogP contribution in [0.15, 0.2) is 83.1 Å². The summed E-state index contributed by atoms with van der Waals surface area (Å²) in [5.74, 6) is 0.480. The Morgan fingerprint density at radius 3 is 2.54 bits per heavy atom. The molecule has 1 saturated carbocycles. The van der Waals surface area contributed by atoms with Gasteiger partial charge in [0, 0.05) is 43.0 Å². The molecule has 2 fully saturated rings. The lowest BCUT2D eigenvalue weighted by Gasteiger charge is -2.21. The third-order valence-electron chi connectivity index (χ3n) is 7.79. The predicted molar refractivity (Wildman–Crippen MR) is 158 cm³/mol. The van der Waals surface area contributed by atoms with Crippen LogP contribution in [0, 0.1) is 5.92 Å². The predicted octanol–water partition coefficient (Wildman–Crippen LogP) is 7.09. The zero-order chi connectivity index (χ0) is 27.2. The van der Waals surface area contributed by atoms with Crippen LogP contribution in [0.5, 0.6) is 0 Å². The van der Waals surface area contributed by atoms with Gasteiger partial charge in [-0.05, 0) is 90.8 Å². The second kappa shape index (κ2) is 12.5. The lowest BCUT2D eigenvalue weighted by atomic mass is 9.86. The van der Waals surface area contributed by atoms with E-state index in [0.29, 0.717) is 18.9 Å². The number of rotatable bonds is 11. The highest BCUT2D eigenvalue weighted by Crippen LogP contribution is 2.52. The van der Waals surface area contributed by atoms with Crippen molar-refractivity contribution in [1.29, 1.82) is 0 Å². The average Bonchev–Trinajstić information content (AvgIpc) is 3.55. The highest BCUT2D eigenvalue weighted by Gasteiger charge is 2.43. The summed E-state index contributed by atoms with van der Waals surface area (Å²) in [4.78, 5) is 19.8. The fourth-order valence-corrected chi connectivity index (χ4v) is 5.16. The molecule has 3 rings (SSSR count). The molecule has 1 heterocycles. The van der Waals surface area contributed by atoms with Crippen LogP contribution in [-0.2, 0) is 11.8 Å². The zero-order valence-corrected chi connectivity index (χ0v) is 23.5. The van der Waals surface area contributed by atoms with Crippen molar-refractivity contribution in [2.45, 2.75) is 78.2 Å². The monoisotopic (exact) mass is 499 g/mol. The summed E-state index contributed by atoms with van der Waals surface area (Å²) < 4.78 is 0. The Bertz CT molecular complexity index is 1140. The zero-order valence-electron chi connectivity index (χ0n) is 23.5. The molecule has 0 bridgehead atoms. The van der Waals surface area contributed by atoms with Crippen LogP contribution in [0.25, 0.3) is 0 Å². The molecule has 1 atom stereocenters. The number of carbonyl (C=O) groups excluding carboxylic acids is 1. The van der Waals surface area contributed by atoms with Gasteiger partial charge >= 0.3 is 0 Å². The highest BCUT2D eigenvalue weighted by molar-refractivity contribution is 5.95. The first-order chi connectivity index (χ1) is 17.6. The SMILES string of the molecule is C=C(Cc1cc(C(=O)N2CCC(N)C2)ccc1C1(CC)CC1)/N=C\C(=C/C)C(=C)/C=C(\C=C/C)C(C)C. The molecule has 2 aliphatic rings. The number of carbonyl (C=O) groups is 1. The lowest BCUT2D eigenvalue weighted by molar-refractivity contribution is 0.0790. The third kappa shape index (κ3) is 7.07. The quantitative estimate of drug-likeness (QED) is 0.261. The van der Waals surface area contributed by atoms with Crippen molar-refractivity contribution in [3.63, 3.8) is 0 Å².